The lowest BCUT2D eigenvalue weighted by Crippen LogP contribution is -2.24. The molecule has 0 aromatic rings. The molecule has 14 heteroatoms. The van der Waals surface area contributed by atoms with E-state index in [1.165, 1.54) is 0 Å². The fourth-order valence-corrected chi connectivity index (χ4v) is 3.70. The summed E-state index contributed by atoms with van der Waals surface area (Å²) in [4.78, 5) is 32.5. The fourth-order valence-electron chi connectivity index (χ4n) is 3.70. The number of nitrogens with one attached hydrogen (secondary N) is 2. The van der Waals surface area contributed by atoms with E-state index in [0.717, 1.165) is 51.6 Å². The Hall–Kier alpha value is -1.43. The lowest BCUT2D eigenvalue weighted by molar-refractivity contribution is -0.193. The zero-order chi connectivity index (χ0) is 24.8. The van der Waals surface area contributed by atoms with Crippen molar-refractivity contribution in [1.29, 1.82) is 0 Å². The van der Waals surface area contributed by atoms with Crippen molar-refractivity contribution in [1.82, 2.24) is 10.6 Å². The Kier molecular flexibility index (Phi) is 27.6. The highest BCUT2D eigenvalue weighted by molar-refractivity contribution is 6.41. The molecule has 2 fully saturated rings. The SMILES string of the molecule is C.O=C=O.O=C=O.OC[C@@H]1C[C@@H](CCCB(O)O)CN1.OC[C@@H]1C[C@@H](CCCB(O)O)CN1. The van der Waals surface area contributed by atoms with Gasteiger partial charge in [0.1, 0.15) is 0 Å². The summed E-state index contributed by atoms with van der Waals surface area (Å²) in [6, 6.07) is 0.507. The van der Waals surface area contributed by atoms with Gasteiger partial charge in [0, 0.05) is 12.1 Å². The molecule has 0 amide bonds. The first kappa shape index (κ1) is 36.1. The molecule has 12 nitrogen and oxygen atoms in total. The van der Waals surface area contributed by atoms with Crippen molar-refractivity contribution in [3.05, 3.63) is 0 Å². The Balaban J connectivity index is -0.000000430. The molecule has 0 aromatic heterocycles. The first-order valence-electron chi connectivity index (χ1n) is 10.7. The Morgan fingerprint density at radius 1 is 0.697 bits per heavy atom. The van der Waals surface area contributed by atoms with Crippen LogP contribution in [0, 0.1) is 11.8 Å². The second kappa shape index (κ2) is 25.2. The van der Waals surface area contributed by atoms with Gasteiger partial charge in [-0.05, 0) is 63.2 Å². The van der Waals surface area contributed by atoms with Crippen molar-refractivity contribution in [2.24, 2.45) is 11.8 Å². The van der Waals surface area contributed by atoms with Crippen LogP contribution in [0.2, 0.25) is 12.6 Å². The minimum atomic E-state index is -1.16. The molecule has 0 unspecified atom stereocenters. The van der Waals surface area contributed by atoms with Gasteiger partial charge in [0.2, 0.25) is 0 Å². The van der Waals surface area contributed by atoms with Crippen molar-refractivity contribution in [3.63, 3.8) is 0 Å². The molecule has 0 bridgehead atoms. The standard InChI is InChI=1S/2C8H18BNO3.2CO2.CH4/c2*11-6-8-4-7(5-10-8)2-1-3-9(12)13;2*2-1-3;/h2*7-8,10-13H,1-6H2;;;1H4/t2*7-,8+;;;/m11.../s1. The van der Waals surface area contributed by atoms with Crippen LogP contribution in [0.1, 0.15) is 46.0 Å². The number of hydrogen-bond acceptors (Lipinski definition) is 12. The molecule has 4 atom stereocenters. The van der Waals surface area contributed by atoms with Crippen LogP contribution in [0.4, 0.5) is 0 Å². The minimum absolute atomic E-state index is 0. The number of carbonyl (C=O) groups excluding carboxylic acids is 4. The zero-order valence-corrected chi connectivity index (χ0v) is 18.3. The van der Waals surface area contributed by atoms with E-state index in [0.29, 0.717) is 24.5 Å². The Morgan fingerprint density at radius 2 is 1.00 bits per heavy atom. The van der Waals surface area contributed by atoms with Crippen LogP contribution in [0.5, 0.6) is 0 Å². The Morgan fingerprint density at radius 3 is 1.21 bits per heavy atom. The summed E-state index contributed by atoms with van der Waals surface area (Å²) in [5, 5.41) is 58.6. The molecule has 2 saturated heterocycles. The van der Waals surface area contributed by atoms with E-state index in [2.05, 4.69) is 10.6 Å². The van der Waals surface area contributed by atoms with Crippen molar-refractivity contribution in [3.8, 4) is 0 Å². The molecular formula is C19H40B2N2O10. The van der Waals surface area contributed by atoms with Crippen molar-refractivity contribution in [2.75, 3.05) is 26.3 Å². The summed E-state index contributed by atoms with van der Waals surface area (Å²) in [7, 11) is -2.33. The molecule has 0 aliphatic carbocycles. The summed E-state index contributed by atoms with van der Waals surface area (Å²) in [5.74, 6) is 1.19. The highest BCUT2D eigenvalue weighted by atomic mass is 16.4. The summed E-state index contributed by atoms with van der Waals surface area (Å²) in [5.41, 5.74) is 0. The first-order valence-corrected chi connectivity index (χ1v) is 10.7. The van der Waals surface area contributed by atoms with E-state index in [-0.39, 0.29) is 45.0 Å². The van der Waals surface area contributed by atoms with Crippen LogP contribution in [-0.2, 0) is 19.2 Å². The molecular weight excluding hydrogens is 438 g/mol. The molecule has 2 rings (SSSR count). The molecule has 0 radical (unpaired) electrons. The summed E-state index contributed by atoms with van der Waals surface area (Å²) >= 11 is 0. The van der Waals surface area contributed by atoms with Crippen molar-refractivity contribution < 1.29 is 49.5 Å². The first-order chi connectivity index (χ1) is 15.3. The van der Waals surface area contributed by atoms with Gasteiger partial charge in [-0.2, -0.15) is 19.2 Å². The van der Waals surface area contributed by atoms with Crippen LogP contribution in [0.3, 0.4) is 0 Å². The highest BCUT2D eigenvalue weighted by Gasteiger charge is 2.24. The molecule has 0 spiro atoms. The van der Waals surface area contributed by atoms with Crippen molar-refractivity contribution in [2.45, 2.75) is 70.7 Å². The Labute approximate surface area is 196 Å². The van der Waals surface area contributed by atoms with Gasteiger partial charge in [-0.25, -0.2) is 0 Å². The normalized spacial score (nSPS) is 22.5. The molecule has 33 heavy (non-hydrogen) atoms. The third-order valence-corrected chi connectivity index (χ3v) is 5.22. The molecule has 2 aliphatic heterocycles. The number of aliphatic hydroxyl groups is 2. The van der Waals surface area contributed by atoms with E-state index in [1.54, 1.807) is 0 Å². The predicted molar refractivity (Wildman–Crippen MR) is 119 cm³/mol. The fraction of sp³-hybridized carbons (Fsp3) is 0.895. The van der Waals surface area contributed by atoms with Crippen LogP contribution >= 0.6 is 0 Å². The molecule has 192 valence electrons. The average molecular weight is 478 g/mol. The van der Waals surface area contributed by atoms with E-state index < -0.39 is 14.2 Å². The van der Waals surface area contributed by atoms with E-state index in [1.807, 2.05) is 0 Å². The minimum Gasteiger partial charge on any atom is -0.427 e. The second-order valence-corrected chi connectivity index (χ2v) is 7.77. The third kappa shape index (κ3) is 23.5. The Bertz CT molecular complexity index is 461. The molecule has 8 N–H and O–H groups in total. The maximum Gasteiger partial charge on any atom is 0.451 e. The van der Waals surface area contributed by atoms with Gasteiger partial charge in [0.15, 0.2) is 0 Å². The van der Waals surface area contributed by atoms with E-state index in [9.17, 15) is 0 Å². The zero-order valence-electron chi connectivity index (χ0n) is 18.3. The summed E-state index contributed by atoms with van der Waals surface area (Å²) in [6.07, 6.45) is 7.17. The van der Waals surface area contributed by atoms with Gasteiger partial charge in [0.05, 0.1) is 13.2 Å². The number of rotatable bonds is 10. The maximum atomic E-state index is 8.85. The molecule has 2 aliphatic rings. The third-order valence-electron chi connectivity index (χ3n) is 5.22. The summed E-state index contributed by atoms with van der Waals surface area (Å²) in [6.45, 7) is 2.32. The monoisotopic (exact) mass is 478 g/mol. The average Bonchev–Trinajstić information content (AvgIpc) is 3.38. The molecule has 0 saturated carbocycles. The lowest BCUT2D eigenvalue weighted by Gasteiger charge is -2.07. The quantitative estimate of drug-likeness (QED) is 0.159. The van der Waals surface area contributed by atoms with Gasteiger partial charge in [-0.15, -0.1) is 0 Å². The molecule has 0 aromatic carbocycles. The highest BCUT2D eigenvalue weighted by Crippen LogP contribution is 2.20. The van der Waals surface area contributed by atoms with Gasteiger partial charge >= 0.3 is 26.5 Å². The van der Waals surface area contributed by atoms with E-state index >= 15 is 0 Å². The van der Waals surface area contributed by atoms with Crippen LogP contribution < -0.4 is 10.6 Å². The maximum absolute atomic E-state index is 8.85. The van der Waals surface area contributed by atoms with E-state index in [4.69, 9.17) is 49.5 Å². The van der Waals surface area contributed by atoms with Crippen LogP contribution in [0.15, 0.2) is 0 Å². The second-order valence-electron chi connectivity index (χ2n) is 7.77. The number of hydrogen-bond donors (Lipinski definition) is 8. The van der Waals surface area contributed by atoms with Gasteiger partial charge < -0.3 is 40.9 Å². The van der Waals surface area contributed by atoms with Gasteiger partial charge in [-0.3, -0.25) is 0 Å². The largest absolute Gasteiger partial charge is 0.451 e. The van der Waals surface area contributed by atoms with Gasteiger partial charge in [0.25, 0.3) is 0 Å². The van der Waals surface area contributed by atoms with Crippen LogP contribution in [0.25, 0.3) is 0 Å². The topological polar surface area (TPSA) is 214 Å². The predicted octanol–water partition coefficient (Wildman–Crippen LogP) is -2.11. The number of aliphatic hydroxyl groups excluding tert-OH is 2. The smallest absolute Gasteiger partial charge is 0.427 e. The van der Waals surface area contributed by atoms with Crippen LogP contribution in [-0.4, -0.2) is 95.2 Å². The van der Waals surface area contributed by atoms with Crippen molar-refractivity contribution >= 4 is 26.5 Å². The summed E-state index contributed by atoms with van der Waals surface area (Å²) < 4.78 is 0. The lowest BCUT2D eigenvalue weighted by atomic mass is 9.82. The molecule has 2 heterocycles. The van der Waals surface area contributed by atoms with Gasteiger partial charge in [-0.1, -0.05) is 20.3 Å².